The Morgan fingerprint density at radius 1 is 1.27 bits per heavy atom. The summed E-state index contributed by atoms with van der Waals surface area (Å²) in [6.45, 7) is 3.59. The average molecular weight is 292 g/mol. The molecule has 0 saturated heterocycles. The van der Waals surface area contributed by atoms with Gasteiger partial charge in [0.2, 0.25) is 5.88 Å². The summed E-state index contributed by atoms with van der Waals surface area (Å²) in [7, 11) is 0. The molecule has 2 aromatic heterocycles. The molecule has 0 fully saturated rings. The lowest BCUT2D eigenvalue weighted by molar-refractivity contribution is 0.457. The first-order valence-electron chi connectivity index (χ1n) is 6.63. The molecule has 2 heterocycles. The summed E-state index contributed by atoms with van der Waals surface area (Å²) in [6.07, 6.45) is 1.27. The maximum atomic E-state index is 11.9. The Kier molecular flexibility index (Phi) is 3.31. The molecule has 0 bridgehead atoms. The Bertz CT molecular complexity index is 970. The Hall–Kier alpha value is -3.20. The molecule has 0 unspecified atom stereocenters. The molecule has 6 nitrogen and oxygen atoms in total. The van der Waals surface area contributed by atoms with Gasteiger partial charge in [0.05, 0.1) is 17.4 Å². The molecule has 0 saturated carbocycles. The van der Waals surface area contributed by atoms with Gasteiger partial charge in [0.15, 0.2) is 0 Å². The fraction of sp³-hybridized carbons (Fsp3) is 0.125. The number of H-pyrrole nitrogens is 1. The summed E-state index contributed by atoms with van der Waals surface area (Å²) in [5.41, 5.74) is 1.50. The number of rotatable bonds is 2. The number of ether oxygens (including phenoxy) is 1. The highest BCUT2D eigenvalue weighted by Crippen LogP contribution is 2.29. The van der Waals surface area contributed by atoms with E-state index in [1.54, 1.807) is 13.0 Å². The van der Waals surface area contributed by atoms with Crippen molar-refractivity contribution in [1.82, 2.24) is 15.0 Å². The van der Waals surface area contributed by atoms with Gasteiger partial charge in [-0.05, 0) is 25.5 Å². The molecule has 0 radical (unpaired) electrons. The molecule has 0 atom stereocenters. The van der Waals surface area contributed by atoms with Crippen LogP contribution < -0.4 is 10.3 Å². The molecule has 0 aliphatic rings. The monoisotopic (exact) mass is 292 g/mol. The van der Waals surface area contributed by atoms with Crippen molar-refractivity contribution in [2.24, 2.45) is 0 Å². The molecule has 1 N–H and O–H groups in total. The number of nitrogens with zero attached hydrogens (tertiary/aromatic N) is 3. The van der Waals surface area contributed by atoms with Crippen molar-refractivity contribution < 1.29 is 4.74 Å². The van der Waals surface area contributed by atoms with Crippen LogP contribution in [0, 0.1) is 25.2 Å². The summed E-state index contributed by atoms with van der Waals surface area (Å²) in [4.78, 5) is 22.8. The number of para-hydroxylation sites is 1. The van der Waals surface area contributed by atoms with E-state index >= 15 is 0 Å². The number of pyridine rings is 1. The van der Waals surface area contributed by atoms with E-state index < -0.39 is 0 Å². The fourth-order valence-corrected chi connectivity index (χ4v) is 2.24. The van der Waals surface area contributed by atoms with Crippen LogP contribution in [0.25, 0.3) is 10.9 Å². The van der Waals surface area contributed by atoms with Crippen LogP contribution >= 0.6 is 0 Å². The number of aromatic amines is 1. The third-order valence-corrected chi connectivity index (χ3v) is 3.35. The van der Waals surface area contributed by atoms with Gasteiger partial charge in [0, 0.05) is 0 Å². The lowest BCUT2D eigenvalue weighted by Gasteiger charge is -2.11. The number of hydrogen-bond acceptors (Lipinski definition) is 5. The van der Waals surface area contributed by atoms with Gasteiger partial charge in [-0.15, -0.1) is 0 Å². The largest absolute Gasteiger partial charge is 0.437 e. The van der Waals surface area contributed by atoms with Crippen molar-refractivity contribution in [1.29, 1.82) is 5.26 Å². The summed E-state index contributed by atoms with van der Waals surface area (Å²) < 4.78 is 5.77. The first-order chi connectivity index (χ1) is 10.6. The number of hydrogen-bond donors (Lipinski definition) is 1. The van der Waals surface area contributed by atoms with Gasteiger partial charge in [-0.3, -0.25) is 4.79 Å². The van der Waals surface area contributed by atoms with Crippen molar-refractivity contribution in [2.75, 3.05) is 0 Å². The molecular weight excluding hydrogens is 280 g/mol. The molecule has 0 aliphatic heterocycles. The van der Waals surface area contributed by atoms with Crippen LogP contribution in [0.1, 0.15) is 16.8 Å². The highest BCUT2D eigenvalue weighted by molar-refractivity contribution is 5.86. The Balaban J connectivity index is 2.26. The van der Waals surface area contributed by atoms with E-state index in [9.17, 15) is 10.1 Å². The van der Waals surface area contributed by atoms with Crippen molar-refractivity contribution in [3.63, 3.8) is 0 Å². The van der Waals surface area contributed by atoms with Gasteiger partial charge >= 0.3 is 0 Å². The number of nitrogens with one attached hydrogen (secondary N) is 1. The van der Waals surface area contributed by atoms with Crippen molar-refractivity contribution in [2.45, 2.75) is 13.8 Å². The molecule has 6 heteroatoms. The quantitative estimate of drug-likeness (QED) is 0.783. The van der Waals surface area contributed by atoms with Gasteiger partial charge in [0.25, 0.3) is 5.56 Å². The average Bonchev–Trinajstić information content (AvgIpc) is 2.50. The standard InChI is InChI=1S/C16H12N4O2/c1-9-5-3-4-6-12(9)22-16-11(7-17)14-13(10(2)20-16)15(21)19-8-18-14/h3-6,8H,1-2H3,(H,18,19,21). The van der Waals surface area contributed by atoms with Crippen LogP contribution in [0.2, 0.25) is 0 Å². The molecule has 3 aromatic rings. The van der Waals surface area contributed by atoms with Gasteiger partial charge < -0.3 is 9.72 Å². The predicted octanol–water partition coefficient (Wildman–Crippen LogP) is 2.60. The molecule has 3 rings (SSSR count). The van der Waals surface area contributed by atoms with Crippen LogP contribution in [0.4, 0.5) is 0 Å². The van der Waals surface area contributed by atoms with Gasteiger partial charge in [-0.25, -0.2) is 9.97 Å². The van der Waals surface area contributed by atoms with E-state index in [-0.39, 0.29) is 17.0 Å². The number of aromatic nitrogens is 3. The van der Waals surface area contributed by atoms with Crippen LogP contribution in [0.5, 0.6) is 11.6 Å². The summed E-state index contributed by atoms with van der Waals surface area (Å²) in [5.74, 6) is 0.759. The van der Waals surface area contributed by atoms with Gasteiger partial charge in [-0.2, -0.15) is 5.26 Å². The summed E-state index contributed by atoms with van der Waals surface area (Å²) in [6, 6.07) is 9.46. The van der Waals surface area contributed by atoms with Crippen LogP contribution in [0.15, 0.2) is 35.4 Å². The maximum absolute atomic E-state index is 11.9. The maximum Gasteiger partial charge on any atom is 0.260 e. The minimum absolute atomic E-state index is 0.148. The zero-order chi connectivity index (χ0) is 15.7. The van der Waals surface area contributed by atoms with E-state index in [1.165, 1.54) is 6.33 Å². The second-order valence-electron chi connectivity index (χ2n) is 4.81. The third-order valence-electron chi connectivity index (χ3n) is 3.35. The van der Waals surface area contributed by atoms with E-state index in [1.807, 2.05) is 31.2 Å². The lowest BCUT2D eigenvalue weighted by Crippen LogP contribution is -2.11. The van der Waals surface area contributed by atoms with Gasteiger partial charge in [0.1, 0.15) is 22.9 Å². The Labute approximate surface area is 126 Å². The van der Waals surface area contributed by atoms with E-state index in [0.29, 0.717) is 22.3 Å². The van der Waals surface area contributed by atoms with Crippen molar-refractivity contribution in [3.05, 3.63) is 57.8 Å². The van der Waals surface area contributed by atoms with E-state index in [2.05, 4.69) is 15.0 Å². The highest BCUT2D eigenvalue weighted by atomic mass is 16.5. The topological polar surface area (TPSA) is 91.7 Å². The van der Waals surface area contributed by atoms with Crippen LogP contribution in [-0.2, 0) is 0 Å². The van der Waals surface area contributed by atoms with E-state index in [0.717, 1.165) is 5.56 Å². The minimum atomic E-state index is -0.325. The molecule has 1 aromatic carbocycles. The smallest absolute Gasteiger partial charge is 0.260 e. The zero-order valence-corrected chi connectivity index (χ0v) is 12.0. The summed E-state index contributed by atoms with van der Waals surface area (Å²) in [5, 5.41) is 9.73. The molecular formula is C16H12N4O2. The lowest BCUT2D eigenvalue weighted by atomic mass is 10.1. The fourth-order valence-electron chi connectivity index (χ4n) is 2.24. The second kappa shape index (κ2) is 5.30. The van der Waals surface area contributed by atoms with Crippen molar-refractivity contribution in [3.8, 4) is 17.7 Å². The first kappa shape index (κ1) is 13.8. The first-order valence-corrected chi connectivity index (χ1v) is 6.63. The third kappa shape index (κ3) is 2.19. The number of nitriles is 1. The predicted molar refractivity (Wildman–Crippen MR) is 80.9 cm³/mol. The molecule has 22 heavy (non-hydrogen) atoms. The molecule has 0 spiro atoms. The Morgan fingerprint density at radius 2 is 2.05 bits per heavy atom. The molecule has 108 valence electrons. The van der Waals surface area contributed by atoms with Gasteiger partial charge in [-0.1, -0.05) is 18.2 Å². The summed E-state index contributed by atoms with van der Waals surface area (Å²) >= 11 is 0. The number of aryl methyl sites for hydroxylation is 2. The number of benzene rings is 1. The minimum Gasteiger partial charge on any atom is -0.437 e. The van der Waals surface area contributed by atoms with Crippen LogP contribution in [0.3, 0.4) is 0 Å². The molecule has 0 amide bonds. The zero-order valence-electron chi connectivity index (χ0n) is 12.0. The van der Waals surface area contributed by atoms with E-state index in [4.69, 9.17) is 4.74 Å². The highest BCUT2D eigenvalue weighted by Gasteiger charge is 2.17. The van der Waals surface area contributed by atoms with Crippen LogP contribution in [-0.4, -0.2) is 15.0 Å². The normalized spacial score (nSPS) is 10.4. The Morgan fingerprint density at radius 3 is 2.77 bits per heavy atom. The molecule has 0 aliphatic carbocycles. The number of fused-ring (bicyclic) bond motifs is 1. The SMILES string of the molecule is Cc1ccccc1Oc1nc(C)c2c(=O)[nH]cnc2c1C#N. The van der Waals surface area contributed by atoms with Crippen molar-refractivity contribution >= 4 is 10.9 Å². The second-order valence-corrected chi connectivity index (χ2v) is 4.81.